The maximum absolute atomic E-state index is 9.25. The Bertz CT molecular complexity index is 647. The molecule has 0 aliphatic heterocycles. The highest BCUT2D eigenvalue weighted by Gasteiger charge is 2.13. The molecule has 0 saturated heterocycles. The Kier molecular flexibility index (Phi) is 4.03. The molecule has 0 atom stereocenters. The van der Waals surface area contributed by atoms with Crippen molar-refractivity contribution in [3.8, 4) is 22.9 Å². The van der Waals surface area contributed by atoms with Crippen LogP contribution < -0.4 is 4.74 Å². The van der Waals surface area contributed by atoms with Crippen molar-refractivity contribution in [1.82, 2.24) is 4.98 Å². The lowest BCUT2D eigenvalue weighted by molar-refractivity contribution is 0.340. The number of hydrogen-bond acceptors (Lipinski definition) is 3. The maximum atomic E-state index is 9.25. The number of aryl methyl sites for hydroxylation is 1. The number of rotatable bonds is 3. The Morgan fingerprint density at radius 1 is 1.42 bits per heavy atom. The second-order valence-corrected chi connectivity index (χ2v) is 4.41. The molecule has 0 aliphatic carbocycles. The Labute approximate surface area is 117 Å². The first kappa shape index (κ1) is 13.4. The van der Waals surface area contributed by atoms with E-state index in [4.69, 9.17) is 16.3 Å². The van der Waals surface area contributed by atoms with Crippen LogP contribution in [0.5, 0.6) is 5.75 Å². The second-order valence-electron chi connectivity index (χ2n) is 4.05. The Morgan fingerprint density at radius 3 is 2.89 bits per heavy atom. The molecule has 0 radical (unpaired) electrons. The molecule has 2 rings (SSSR count). The molecule has 0 amide bonds. The molecule has 19 heavy (non-hydrogen) atoms. The number of halogens is 1. The molecule has 2 aromatic rings. The van der Waals surface area contributed by atoms with Crippen LogP contribution in [0, 0.1) is 18.3 Å². The summed E-state index contributed by atoms with van der Waals surface area (Å²) in [6.45, 7) is 4.44. The predicted octanol–water partition coefficient (Wildman–Crippen LogP) is 3.98. The summed E-state index contributed by atoms with van der Waals surface area (Å²) in [6, 6.07) is 9.74. The highest BCUT2D eigenvalue weighted by Crippen LogP contribution is 2.32. The van der Waals surface area contributed by atoms with Crippen LogP contribution in [0.1, 0.15) is 18.1 Å². The lowest BCUT2D eigenvalue weighted by Crippen LogP contribution is -1.95. The monoisotopic (exact) mass is 272 g/mol. The molecule has 0 N–H and O–H groups in total. The minimum Gasteiger partial charge on any atom is -0.494 e. The SMILES string of the molecule is CCOc1cccc(-c2c(C)cnc(Cl)c2C#N)c1. The van der Waals surface area contributed by atoms with Gasteiger partial charge in [0.05, 0.1) is 12.2 Å². The minimum absolute atomic E-state index is 0.227. The van der Waals surface area contributed by atoms with Crippen molar-refractivity contribution in [3.63, 3.8) is 0 Å². The van der Waals surface area contributed by atoms with Crippen LogP contribution in [0.4, 0.5) is 0 Å². The van der Waals surface area contributed by atoms with Crippen molar-refractivity contribution >= 4 is 11.6 Å². The summed E-state index contributed by atoms with van der Waals surface area (Å²) in [5.74, 6) is 0.774. The summed E-state index contributed by atoms with van der Waals surface area (Å²) < 4.78 is 5.48. The van der Waals surface area contributed by atoms with Gasteiger partial charge < -0.3 is 4.74 Å². The Balaban J connectivity index is 2.62. The zero-order chi connectivity index (χ0) is 13.8. The largest absolute Gasteiger partial charge is 0.494 e. The molecule has 0 saturated carbocycles. The molecule has 0 bridgehead atoms. The van der Waals surface area contributed by atoms with Gasteiger partial charge in [-0.25, -0.2) is 4.98 Å². The van der Waals surface area contributed by atoms with Gasteiger partial charge in [0.2, 0.25) is 0 Å². The average Bonchev–Trinajstić information content (AvgIpc) is 2.41. The topological polar surface area (TPSA) is 45.9 Å². The zero-order valence-electron chi connectivity index (χ0n) is 10.8. The first-order chi connectivity index (χ1) is 9.17. The van der Waals surface area contributed by atoms with Crippen molar-refractivity contribution in [2.24, 2.45) is 0 Å². The third-order valence-corrected chi connectivity index (χ3v) is 3.05. The van der Waals surface area contributed by atoms with E-state index in [0.717, 1.165) is 22.4 Å². The van der Waals surface area contributed by atoms with Crippen LogP contribution in [0.15, 0.2) is 30.5 Å². The number of benzene rings is 1. The van der Waals surface area contributed by atoms with E-state index in [1.165, 1.54) is 0 Å². The number of ether oxygens (including phenoxy) is 1. The Morgan fingerprint density at radius 2 is 2.21 bits per heavy atom. The lowest BCUT2D eigenvalue weighted by atomic mass is 9.98. The molecule has 1 heterocycles. The van der Waals surface area contributed by atoms with Gasteiger partial charge in [-0.1, -0.05) is 23.7 Å². The molecule has 0 aliphatic rings. The lowest BCUT2D eigenvalue weighted by Gasteiger charge is -2.11. The van der Waals surface area contributed by atoms with Crippen LogP contribution in [0.2, 0.25) is 5.15 Å². The minimum atomic E-state index is 0.227. The normalized spacial score (nSPS) is 10.0. The van der Waals surface area contributed by atoms with Crippen LogP contribution in [-0.2, 0) is 0 Å². The van der Waals surface area contributed by atoms with Gasteiger partial charge in [-0.15, -0.1) is 0 Å². The molecular formula is C15H13ClN2O. The fourth-order valence-corrected chi connectivity index (χ4v) is 2.15. The van der Waals surface area contributed by atoms with Gasteiger partial charge in [0.15, 0.2) is 0 Å². The first-order valence-corrected chi connectivity index (χ1v) is 6.33. The standard InChI is InChI=1S/C15H13ClN2O/c1-3-19-12-6-4-5-11(7-12)14-10(2)9-18-15(16)13(14)8-17/h4-7,9H,3H2,1-2H3. The second kappa shape index (κ2) is 5.73. The van der Waals surface area contributed by atoms with E-state index >= 15 is 0 Å². The molecular weight excluding hydrogens is 260 g/mol. The van der Waals surface area contributed by atoms with Crippen LogP contribution >= 0.6 is 11.6 Å². The maximum Gasteiger partial charge on any atom is 0.147 e. The van der Waals surface area contributed by atoms with Crippen molar-refractivity contribution in [2.45, 2.75) is 13.8 Å². The third-order valence-electron chi connectivity index (χ3n) is 2.77. The van der Waals surface area contributed by atoms with Gasteiger partial charge in [0, 0.05) is 11.8 Å². The van der Waals surface area contributed by atoms with E-state index in [-0.39, 0.29) is 5.15 Å². The van der Waals surface area contributed by atoms with Crippen LogP contribution in [-0.4, -0.2) is 11.6 Å². The third kappa shape index (κ3) is 2.69. The van der Waals surface area contributed by atoms with E-state index in [9.17, 15) is 5.26 Å². The van der Waals surface area contributed by atoms with Gasteiger partial charge in [-0.05, 0) is 37.1 Å². The Hall–Kier alpha value is -2.05. The molecule has 1 aromatic carbocycles. The zero-order valence-corrected chi connectivity index (χ0v) is 11.5. The van der Waals surface area contributed by atoms with Crippen LogP contribution in [0.25, 0.3) is 11.1 Å². The smallest absolute Gasteiger partial charge is 0.147 e. The predicted molar refractivity (Wildman–Crippen MR) is 75.3 cm³/mol. The highest BCUT2D eigenvalue weighted by molar-refractivity contribution is 6.31. The molecule has 0 unspecified atom stereocenters. The quantitative estimate of drug-likeness (QED) is 0.794. The summed E-state index contributed by atoms with van der Waals surface area (Å²) in [4.78, 5) is 4.01. The number of nitriles is 1. The van der Waals surface area contributed by atoms with Crippen molar-refractivity contribution in [3.05, 3.63) is 46.7 Å². The van der Waals surface area contributed by atoms with E-state index < -0.39 is 0 Å². The molecule has 4 heteroatoms. The fraction of sp³-hybridized carbons (Fsp3) is 0.200. The number of aromatic nitrogens is 1. The van der Waals surface area contributed by atoms with Crippen LogP contribution in [0.3, 0.4) is 0 Å². The van der Waals surface area contributed by atoms with Crippen molar-refractivity contribution in [2.75, 3.05) is 6.61 Å². The highest BCUT2D eigenvalue weighted by atomic mass is 35.5. The van der Waals surface area contributed by atoms with Gasteiger partial charge in [-0.3, -0.25) is 0 Å². The van der Waals surface area contributed by atoms with Gasteiger partial charge in [0.1, 0.15) is 17.0 Å². The summed E-state index contributed by atoms with van der Waals surface area (Å²) >= 11 is 5.99. The molecule has 96 valence electrons. The summed E-state index contributed by atoms with van der Waals surface area (Å²) in [5, 5.41) is 9.48. The number of nitrogens with zero attached hydrogens (tertiary/aromatic N) is 2. The summed E-state index contributed by atoms with van der Waals surface area (Å²) in [7, 11) is 0. The summed E-state index contributed by atoms with van der Waals surface area (Å²) in [6.07, 6.45) is 1.67. The van der Waals surface area contributed by atoms with E-state index in [2.05, 4.69) is 11.1 Å². The van der Waals surface area contributed by atoms with Gasteiger partial charge in [-0.2, -0.15) is 5.26 Å². The van der Waals surface area contributed by atoms with Gasteiger partial charge >= 0.3 is 0 Å². The summed E-state index contributed by atoms with van der Waals surface area (Å²) in [5.41, 5.74) is 3.03. The van der Waals surface area contributed by atoms with E-state index in [1.807, 2.05) is 38.1 Å². The molecule has 0 fully saturated rings. The molecule has 0 spiro atoms. The van der Waals surface area contributed by atoms with Crippen molar-refractivity contribution < 1.29 is 4.74 Å². The van der Waals surface area contributed by atoms with E-state index in [1.54, 1.807) is 6.20 Å². The average molecular weight is 273 g/mol. The first-order valence-electron chi connectivity index (χ1n) is 5.95. The number of pyridine rings is 1. The number of hydrogen-bond donors (Lipinski definition) is 0. The van der Waals surface area contributed by atoms with Gasteiger partial charge in [0.25, 0.3) is 0 Å². The fourth-order valence-electron chi connectivity index (χ4n) is 1.97. The molecule has 1 aromatic heterocycles. The van der Waals surface area contributed by atoms with Crippen molar-refractivity contribution in [1.29, 1.82) is 5.26 Å². The molecule has 3 nitrogen and oxygen atoms in total. The van der Waals surface area contributed by atoms with E-state index in [0.29, 0.717) is 12.2 Å².